The quantitative estimate of drug-likeness (QED) is 0.725. The first kappa shape index (κ1) is 16.8. The van der Waals surface area contributed by atoms with Crippen molar-refractivity contribution in [3.63, 3.8) is 0 Å². The third-order valence-electron chi connectivity index (χ3n) is 3.67. The van der Waals surface area contributed by atoms with Gasteiger partial charge < -0.3 is 10.1 Å². The third kappa shape index (κ3) is 3.03. The van der Waals surface area contributed by atoms with Crippen LogP contribution in [0.1, 0.15) is 27.1 Å². The van der Waals surface area contributed by atoms with Gasteiger partial charge in [-0.2, -0.15) is 5.10 Å². The van der Waals surface area contributed by atoms with Gasteiger partial charge in [0.2, 0.25) is 0 Å². The van der Waals surface area contributed by atoms with E-state index in [9.17, 15) is 14.4 Å². The van der Waals surface area contributed by atoms with Gasteiger partial charge in [0.15, 0.2) is 5.69 Å². The lowest BCUT2D eigenvalue weighted by Gasteiger charge is -2.10. The monoisotopic (exact) mass is 357 g/mol. The van der Waals surface area contributed by atoms with Crippen molar-refractivity contribution in [3.8, 4) is 0 Å². The van der Waals surface area contributed by atoms with Crippen LogP contribution < -0.4 is 10.9 Å². The van der Waals surface area contributed by atoms with Crippen LogP contribution in [0.25, 0.3) is 10.8 Å². The van der Waals surface area contributed by atoms with Crippen molar-refractivity contribution in [3.05, 3.63) is 56.6 Å². The zero-order chi connectivity index (χ0) is 18.0. The van der Waals surface area contributed by atoms with E-state index in [1.54, 1.807) is 42.6 Å². The summed E-state index contributed by atoms with van der Waals surface area (Å²) in [5, 5.41) is 9.41. The van der Waals surface area contributed by atoms with Crippen LogP contribution in [0.2, 0.25) is 0 Å². The van der Waals surface area contributed by atoms with E-state index in [2.05, 4.69) is 10.4 Å². The summed E-state index contributed by atoms with van der Waals surface area (Å²) >= 11 is 1.17. The van der Waals surface area contributed by atoms with Gasteiger partial charge in [0.25, 0.3) is 11.5 Å². The van der Waals surface area contributed by atoms with Crippen LogP contribution in [0, 0.1) is 0 Å². The van der Waals surface area contributed by atoms with E-state index in [-0.39, 0.29) is 11.3 Å². The van der Waals surface area contributed by atoms with Crippen molar-refractivity contribution in [2.75, 3.05) is 12.4 Å². The first-order chi connectivity index (χ1) is 12.1. The topological polar surface area (TPSA) is 90.3 Å². The molecule has 8 heteroatoms. The number of carbonyl (C=O) groups excluding carboxylic acids is 2. The van der Waals surface area contributed by atoms with Crippen LogP contribution in [0.3, 0.4) is 0 Å². The predicted molar refractivity (Wildman–Crippen MR) is 95.3 cm³/mol. The van der Waals surface area contributed by atoms with Gasteiger partial charge >= 0.3 is 5.97 Å². The number of aryl methyl sites for hydroxylation is 1. The Morgan fingerprint density at radius 2 is 1.96 bits per heavy atom. The number of thiophene rings is 1. The van der Waals surface area contributed by atoms with Gasteiger partial charge in [-0.1, -0.05) is 18.2 Å². The molecule has 1 N–H and O–H groups in total. The number of carbonyl (C=O) groups is 2. The molecule has 1 aromatic carbocycles. The molecule has 2 aromatic heterocycles. The van der Waals surface area contributed by atoms with Gasteiger partial charge in [0, 0.05) is 11.9 Å². The van der Waals surface area contributed by atoms with Gasteiger partial charge in [-0.05, 0) is 24.4 Å². The summed E-state index contributed by atoms with van der Waals surface area (Å²) in [5.41, 5.74) is 0.224. The first-order valence-corrected chi connectivity index (χ1v) is 8.41. The van der Waals surface area contributed by atoms with Crippen LogP contribution in [0.5, 0.6) is 0 Å². The SMILES string of the molecule is CCn1nc(C(=O)Nc2ccsc2C(=O)OC)c2ccccc2c1=O. The summed E-state index contributed by atoms with van der Waals surface area (Å²) in [5.74, 6) is -1.02. The van der Waals surface area contributed by atoms with E-state index in [0.29, 0.717) is 27.9 Å². The van der Waals surface area contributed by atoms with Crippen LogP contribution in [-0.2, 0) is 11.3 Å². The molecule has 0 bridgehead atoms. The Bertz CT molecular complexity index is 1020. The second-order valence-corrected chi connectivity index (χ2v) is 6.04. The number of hydrogen-bond donors (Lipinski definition) is 1. The molecule has 3 aromatic rings. The molecule has 0 fully saturated rings. The van der Waals surface area contributed by atoms with Gasteiger partial charge in [-0.3, -0.25) is 9.59 Å². The van der Waals surface area contributed by atoms with Crippen LogP contribution >= 0.6 is 11.3 Å². The number of benzene rings is 1. The minimum absolute atomic E-state index is 0.124. The van der Waals surface area contributed by atoms with Crippen LogP contribution in [0.15, 0.2) is 40.5 Å². The molecular formula is C17H15N3O4S. The molecule has 25 heavy (non-hydrogen) atoms. The molecule has 0 saturated heterocycles. The van der Waals surface area contributed by atoms with Crippen LogP contribution in [0.4, 0.5) is 5.69 Å². The predicted octanol–water partition coefficient (Wildman–Crippen LogP) is 2.52. The maximum absolute atomic E-state index is 12.7. The number of esters is 1. The highest BCUT2D eigenvalue weighted by Gasteiger charge is 2.20. The molecule has 1 amide bonds. The summed E-state index contributed by atoms with van der Waals surface area (Å²) in [7, 11) is 1.28. The lowest BCUT2D eigenvalue weighted by atomic mass is 10.1. The molecule has 7 nitrogen and oxygen atoms in total. The highest BCUT2D eigenvalue weighted by molar-refractivity contribution is 7.12. The summed E-state index contributed by atoms with van der Waals surface area (Å²) < 4.78 is 5.95. The molecule has 0 spiro atoms. The van der Waals surface area contributed by atoms with Crippen molar-refractivity contribution in [1.29, 1.82) is 0 Å². The highest BCUT2D eigenvalue weighted by atomic mass is 32.1. The van der Waals surface area contributed by atoms with Gasteiger partial charge in [0.1, 0.15) is 4.88 Å². The first-order valence-electron chi connectivity index (χ1n) is 7.53. The Morgan fingerprint density at radius 3 is 2.64 bits per heavy atom. The molecule has 2 heterocycles. The molecule has 0 aliphatic heterocycles. The lowest BCUT2D eigenvalue weighted by molar-refractivity contribution is 0.0607. The largest absolute Gasteiger partial charge is 0.465 e. The Labute approximate surface area is 146 Å². The fourth-order valence-electron chi connectivity index (χ4n) is 2.46. The van der Waals surface area contributed by atoms with Crippen molar-refractivity contribution < 1.29 is 14.3 Å². The van der Waals surface area contributed by atoms with E-state index in [1.807, 2.05) is 0 Å². The average Bonchev–Trinajstić information content (AvgIpc) is 3.09. The second-order valence-electron chi connectivity index (χ2n) is 5.12. The maximum atomic E-state index is 12.7. The summed E-state index contributed by atoms with van der Waals surface area (Å²) in [6, 6.07) is 8.42. The Balaban J connectivity index is 2.07. The molecule has 0 unspecified atom stereocenters. The normalized spacial score (nSPS) is 10.6. The number of nitrogens with one attached hydrogen (secondary N) is 1. The van der Waals surface area contributed by atoms with Crippen LogP contribution in [-0.4, -0.2) is 28.8 Å². The number of ether oxygens (including phenoxy) is 1. The summed E-state index contributed by atoms with van der Waals surface area (Å²) in [6.07, 6.45) is 0. The molecule has 0 saturated carbocycles. The van der Waals surface area contributed by atoms with E-state index < -0.39 is 11.9 Å². The molecular weight excluding hydrogens is 342 g/mol. The van der Waals surface area contributed by atoms with E-state index in [1.165, 1.54) is 23.1 Å². The molecule has 0 atom stereocenters. The maximum Gasteiger partial charge on any atom is 0.350 e. The molecule has 0 radical (unpaired) electrons. The van der Waals surface area contributed by atoms with Crippen molar-refractivity contribution in [2.24, 2.45) is 0 Å². The van der Waals surface area contributed by atoms with E-state index in [4.69, 9.17) is 4.74 Å². The van der Waals surface area contributed by atoms with E-state index >= 15 is 0 Å². The molecule has 0 aliphatic carbocycles. The van der Waals surface area contributed by atoms with Gasteiger partial charge in [-0.15, -0.1) is 11.3 Å². The number of anilines is 1. The number of aromatic nitrogens is 2. The Hall–Kier alpha value is -3.00. The van der Waals surface area contributed by atoms with Gasteiger partial charge in [0.05, 0.1) is 18.2 Å². The molecule has 0 aliphatic rings. The Kier molecular flexibility index (Phi) is 4.62. The number of rotatable bonds is 4. The van der Waals surface area contributed by atoms with E-state index in [0.717, 1.165) is 0 Å². The zero-order valence-electron chi connectivity index (χ0n) is 13.6. The number of nitrogens with zero attached hydrogens (tertiary/aromatic N) is 2. The second kappa shape index (κ2) is 6.86. The number of methoxy groups -OCH3 is 1. The number of hydrogen-bond acceptors (Lipinski definition) is 6. The third-order valence-corrected chi connectivity index (χ3v) is 4.56. The summed E-state index contributed by atoms with van der Waals surface area (Å²) in [6.45, 7) is 2.12. The fourth-order valence-corrected chi connectivity index (χ4v) is 3.22. The highest BCUT2D eigenvalue weighted by Crippen LogP contribution is 2.24. The zero-order valence-corrected chi connectivity index (χ0v) is 14.4. The smallest absolute Gasteiger partial charge is 0.350 e. The van der Waals surface area contributed by atoms with Gasteiger partial charge in [-0.25, -0.2) is 9.48 Å². The number of amides is 1. The summed E-state index contributed by atoms with van der Waals surface area (Å²) in [4.78, 5) is 37.1. The average molecular weight is 357 g/mol. The molecule has 128 valence electrons. The van der Waals surface area contributed by atoms with Crippen molar-refractivity contribution >= 4 is 39.7 Å². The minimum Gasteiger partial charge on any atom is -0.465 e. The standard InChI is InChI=1S/C17H15N3O4S/c1-3-20-16(22)11-7-5-4-6-10(11)13(19-20)15(21)18-12-8-9-25-14(12)17(23)24-2/h4-9H,3H2,1-2H3,(H,18,21). The van der Waals surface area contributed by atoms with Crippen molar-refractivity contribution in [1.82, 2.24) is 9.78 Å². The minimum atomic E-state index is -0.526. The fraction of sp³-hybridized carbons (Fsp3) is 0.176. The lowest BCUT2D eigenvalue weighted by Crippen LogP contribution is -2.27. The number of fused-ring (bicyclic) bond motifs is 1. The van der Waals surface area contributed by atoms with Crippen molar-refractivity contribution in [2.45, 2.75) is 13.5 Å². The molecule has 3 rings (SSSR count). The Morgan fingerprint density at radius 1 is 1.24 bits per heavy atom.